The molecule has 0 unspecified atom stereocenters. The van der Waals surface area contributed by atoms with Crippen molar-refractivity contribution in [2.45, 2.75) is 6.42 Å². The summed E-state index contributed by atoms with van der Waals surface area (Å²) in [6.07, 6.45) is 5.22. The lowest BCUT2D eigenvalue weighted by atomic mass is 10.1. The zero-order valence-corrected chi connectivity index (χ0v) is 14.0. The maximum absolute atomic E-state index is 12.5. The highest BCUT2D eigenvalue weighted by atomic mass is 16.5. The number of pyridine rings is 1. The Bertz CT molecular complexity index is 863. The summed E-state index contributed by atoms with van der Waals surface area (Å²) in [6, 6.07) is 10.7. The Balaban J connectivity index is 1.80. The molecule has 2 heterocycles. The number of aromatic nitrogens is 3. The lowest BCUT2D eigenvalue weighted by molar-refractivity contribution is -0.115. The van der Waals surface area contributed by atoms with Gasteiger partial charge in [0.05, 0.1) is 26.3 Å². The molecule has 3 rings (SSSR count). The van der Waals surface area contributed by atoms with E-state index in [1.807, 2.05) is 0 Å². The van der Waals surface area contributed by atoms with Gasteiger partial charge in [0.1, 0.15) is 11.5 Å². The monoisotopic (exact) mass is 338 g/mol. The Kier molecular flexibility index (Phi) is 4.94. The van der Waals surface area contributed by atoms with Crippen LogP contribution in [0.4, 0.5) is 5.69 Å². The molecule has 3 aromatic rings. The number of carbonyl (C=O) groups is 1. The van der Waals surface area contributed by atoms with E-state index in [4.69, 9.17) is 9.47 Å². The molecule has 0 saturated heterocycles. The molecule has 1 aromatic carbocycles. The predicted molar refractivity (Wildman–Crippen MR) is 93.2 cm³/mol. The van der Waals surface area contributed by atoms with E-state index in [0.29, 0.717) is 23.0 Å². The number of carbonyl (C=O) groups excluding carboxylic acids is 1. The number of anilines is 1. The van der Waals surface area contributed by atoms with Crippen LogP contribution in [-0.4, -0.2) is 34.9 Å². The number of rotatable bonds is 6. The van der Waals surface area contributed by atoms with Gasteiger partial charge < -0.3 is 14.8 Å². The summed E-state index contributed by atoms with van der Waals surface area (Å²) in [5.41, 5.74) is 1.32. The Labute approximate surface area is 145 Å². The highest BCUT2D eigenvalue weighted by Crippen LogP contribution is 2.25. The lowest BCUT2D eigenvalue weighted by Gasteiger charge is -2.12. The van der Waals surface area contributed by atoms with E-state index in [-0.39, 0.29) is 12.3 Å². The van der Waals surface area contributed by atoms with Crippen LogP contribution < -0.4 is 14.8 Å². The second kappa shape index (κ2) is 7.48. The van der Waals surface area contributed by atoms with E-state index in [1.165, 1.54) is 0 Å². The van der Waals surface area contributed by atoms with E-state index < -0.39 is 0 Å². The second-order valence-electron chi connectivity index (χ2n) is 5.23. The fourth-order valence-electron chi connectivity index (χ4n) is 2.46. The van der Waals surface area contributed by atoms with Crippen LogP contribution in [0.5, 0.6) is 11.5 Å². The fraction of sp³-hybridized carbons (Fsp3) is 0.167. The van der Waals surface area contributed by atoms with Gasteiger partial charge >= 0.3 is 0 Å². The third kappa shape index (κ3) is 3.77. The van der Waals surface area contributed by atoms with Gasteiger partial charge in [-0.05, 0) is 36.4 Å². The molecule has 1 amide bonds. The molecule has 0 bridgehead atoms. The summed E-state index contributed by atoms with van der Waals surface area (Å²) in [4.78, 5) is 16.8. The van der Waals surface area contributed by atoms with Crippen LogP contribution >= 0.6 is 0 Å². The van der Waals surface area contributed by atoms with E-state index in [9.17, 15) is 4.79 Å². The Morgan fingerprint density at radius 1 is 1.16 bits per heavy atom. The fourth-order valence-corrected chi connectivity index (χ4v) is 2.46. The third-order valence-electron chi connectivity index (χ3n) is 3.62. The van der Waals surface area contributed by atoms with Gasteiger partial charge in [-0.25, -0.2) is 9.67 Å². The lowest BCUT2D eigenvalue weighted by Crippen LogP contribution is -2.17. The molecule has 128 valence electrons. The molecular formula is C18H18N4O3. The van der Waals surface area contributed by atoms with E-state index in [1.54, 1.807) is 73.9 Å². The van der Waals surface area contributed by atoms with Gasteiger partial charge in [-0.3, -0.25) is 4.79 Å². The van der Waals surface area contributed by atoms with Crippen molar-refractivity contribution in [2.75, 3.05) is 19.5 Å². The summed E-state index contributed by atoms with van der Waals surface area (Å²) in [5, 5.41) is 7.03. The van der Waals surface area contributed by atoms with Crippen LogP contribution in [0.3, 0.4) is 0 Å². The van der Waals surface area contributed by atoms with E-state index in [2.05, 4.69) is 15.4 Å². The number of nitrogens with zero attached hydrogens (tertiary/aromatic N) is 3. The van der Waals surface area contributed by atoms with Crippen LogP contribution in [0.25, 0.3) is 5.82 Å². The Hall–Kier alpha value is -3.35. The Morgan fingerprint density at radius 2 is 2.04 bits per heavy atom. The van der Waals surface area contributed by atoms with Crippen molar-refractivity contribution >= 4 is 11.6 Å². The SMILES string of the molecule is COc1ccc(OC)c(CC(=O)Nc2cccnc2-n2cccn2)c1. The first kappa shape index (κ1) is 16.5. The molecule has 25 heavy (non-hydrogen) atoms. The highest BCUT2D eigenvalue weighted by Gasteiger charge is 2.13. The largest absolute Gasteiger partial charge is 0.497 e. The molecule has 7 nitrogen and oxygen atoms in total. The minimum absolute atomic E-state index is 0.147. The summed E-state index contributed by atoms with van der Waals surface area (Å²) in [7, 11) is 3.15. The van der Waals surface area contributed by atoms with Crippen molar-refractivity contribution < 1.29 is 14.3 Å². The third-order valence-corrected chi connectivity index (χ3v) is 3.62. The standard InChI is InChI=1S/C18H18N4O3/c1-24-14-6-7-16(25-2)13(11-14)12-17(23)21-15-5-3-8-19-18(15)22-10-4-9-20-22/h3-11H,12H2,1-2H3,(H,21,23). The van der Waals surface area contributed by atoms with Crippen molar-refractivity contribution in [1.29, 1.82) is 0 Å². The molecule has 7 heteroatoms. The van der Waals surface area contributed by atoms with Crippen molar-refractivity contribution in [1.82, 2.24) is 14.8 Å². The van der Waals surface area contributed by atoms with Gasteiger partial charge in [0.15, 0.2) is 5.82 Å². The Morgan fingerprint density at radius 3 is 2.76 bits per heavy atom. The topological polar surface area (TPSA) is 78.3 Å². The zero-order chi connectivity index (χ0) is 17.6. The molecule has 0 atom stereocenters. The summed E-state index contributed by atoms with van der Waals surface area (Å²) >= 11 is 0. The molecule has 0 aliphatic heterocycles. The van der Waals surface area contributed by atoms with Crippen LogP contribution in [0.1, 0.15) is 5.56 Å². The van der Waals surface area contributed by atoms with E-state index >= 15 is 0 Å². The van der Waals surface area contributed by atoms with E-state index in [0.717, 1.165) is 5.56 Å². The van der Waals surface area contributed by atoms with Crippen molar-refractivity contribution in [3.63, 3.8) is 0 Å². The average Bonchev–Trinajstić information content (AvgIpc) is 3.16. The molecule has 0 aliphatic rings. The zero-order valence-electron chi connectivity index (χ0n) is 14.0. The maximum atomic E-state index is 12.5. The van der Waals surface area contributed by atoms with Gasteiger partial charge in [-0.2, -0.15) is 5.10 Å². The molecule has 0 fully saturated rings. The summed E-state index contributed by atoms with van der Waals surface area (Å²) in [6.45, 7) is 0. The first-order valence-electron chi connectivity index (χ1n) is 7.67. The van der Waals surface area contributed by atoms with Gasteiger partial charge in [0.2, 0.25) is 5.91 Å². The smallest absolute Gasteiger partial charge is 0.229 e. The van der Waals surface area contributed by atoms with Crippen molar-refractivity contribution in [2.24, 2.45) is 0 Å². The van der Waals surface area contributed by atoms with Crippen LogP contribution in [0.15, 0.2) is 55.0 Å². The molecule has 0 aliphatic carbocycles. The minimum atomic E-state index is -0.187. The highest BCUT2D eigenvalue weighted by molar-refractivity contribution is 5.94. The van der Waals surface area contributed by atoms with Crippen molar-refractivity contribution in [3.8, 4) is 17.3 Å². The van der Waals surface area contributed by atoms with Crippen LogP contribution in [0, 0.1) is 0 Å². The van der Waals surface area contributed by atoms with Gasteiger partial charge in [-0.1, -0.05) is 0 Å². The number of methoxy groups -OCH3 is 2. The van der Waals surface area contributed by atoms with Crippen LogP contribution in [-0.2, 0) is 11.2 Å². The number of amides is 1. The second-order valence-corrected chi connectivity index (χ2v) is 5.23. The van der Waals surface area contributed by atoms with Crippen LogP contribution in [0.2, 0.25) is 0 Å². The average molecular weight is 338 g/mol. The molecule has 1 N–H and O–H groups in total. The first-order chi connectivity index (χ1) is 12.2. The number of ether oxygens (including phenoxy) is 2. The molecule has 2 aromatic heterocycles. The molecule has 0 spiro atoms. The van der Waals surface area contributed by atoms with Gasteiger partial charge in [0.25, 0.3) is 0 Å². The molecule has 0 radical (unpaired) electrons. The van der Waals surface area contributed by atoms with Crippen molar-refractivity contribution in [3.05, 3.63) is 60.6 Å². The number of nitrogens with one attached hydrogen (secondary N) is 1. The number of hydrogen-bond donors (Lipinski definition) is 1. The minimum Gasteiger partial charge on any atom is -0.497 e. The number of hydrogen-bond acceptors (Lipinski definition) is 5. The summed E-state index contributed by atoms with van der Waals surface area (Å²) in [5.74, 6) is 1.67. The molecular weight excluding hydrogens is 320 g/mol. The van der Waals surface area contributed by atoms with Gasteiger partial charge in [0, 0.05) is 24.2 Å². The molecule has 0 saturated carbocycles. The predicted octanol–water partition coefficient (Wildman–Crippen LogP) is 2.47. The normalized spacial score (nSPS) is 10.3. The van der Waals surface area contributed by atoms with Gasteiger partial charge in [-0.15, -0.1) is 0 Å². The first-order valence-corrected chi connectivity index (χ1v) is 7.67. The maximum Gasteiger partial charge on any atom is 0.229 e. The number of benzene rings is 1. The summed E-state index contributed by atoms with van der Waals surface area (Å²) < 4.78 is 12.1. The quantitative estimate of drug-likeness (QED) is 0.747.